The molecule has 0 aliphatic carbocycles. The van der Waals surface area contributed by atoms with Crippen LogP contribution in [0, 0.1) is 10.5 Å². The molecule has 0 unspecified atom stereocenters. The lowest BCUT2D eigenvalue weighted by Crippen LogP contribution is -2.07. The van der Waals surface area contributed by atoms with E-state index in [-0.39, 0.29) is 0 Å². The molecule has 2 aromatic rings. The van der Waals surface area contributed by atoms with E-state index in [1.165, 1.54) is 0 Å². The molecule has 0 radical (unpaired) electrons. The maximum atomic E-state index is 12.8. The maximum Gasteiger partial charge on any atom is 0.416 e. The standard InChI is InChI=1S/C14H11F3INOS/c1-9-7-10(14(15,16)17)8-12(13(9)18)19-21-20-11-5-3-2-4-6-11/h2-8,19H,1H3. The number of alkyl halides is 3. The van der Waals surface area contributed by atoms with Gasteiger partial charge in [-0.1, -0.05) is 18.2 Å². The molecule has 2 nitrogen and oxygen atoms in total. The van der Waals surface area contributed by atoms with Crippen molar-refractivity contribution in [3.05, 3.63) is 57.2 Å². The topological polar surface area (TPSA) is 21.3 Å². The highest BCUT2D eigenvalue weighted by Gasteiger charge is 2.31. The van der Waals surface area contributed by atoms with Crippen molar-refractivity contribution in [2.75, 3.05) is 4.72 Å². The molecule has 0 aliphatic heterocycles. The number of aryl methyl sites for hydroxylation is 1. The summed E-state index contributed by atoms with van der Waals surface area (Å²) in [7, 11) is 0. The van der Waals surface area contributed by atoms with Crippen LogP contribution in [0.3, 0.4) is 0 Å². The minimum atomic E-state index is -4.36. The van der Waals surface area contributed by atoms with Gasteiger partial charge >= 0.3 is 6.18 Å². The maximum absolute atomic E-state index is 12.8. The molecular weight excluding hydrogens is 414 g/mol. The van der Waals surface area contributed by atoms with Crippen molar-refractivity contribution >= 4 is 40.5 Å². The number of anilines is 1. The van der Waals surface area contributed by atoms with Crippen LogP contribution in [0.2, 0.25) is 0 Å². The highest BCUT2D eigenvalue weighted by Crippen LogP contribution is 2.35. The molecule has 0 spiro atoms. The lowest BCUT2D eigenvalue weighted by Gasteiger charge is -2.14. The van der Waals surface area contributed by atoms with Crippen LogP contribution in [0.5, 0.6) is 5.75 Å². The molecule has 0 atom stereocenters. The lowest BCUT2D eigenvalue weighted by atomic mass is 10.1. The monoisotopic (exact) mass is 425 g/mol. The van der Waals surface area contributed by atoms with Gasteiger partial charge < -0.3 is 4.18 Å². The van der Waals surface area contributed by atoms with E-state index in [1.807, 2.05) is 40.8 Å². The molecule has 1 N–H and O–H groups in total. The normalized spacial score (nSPS) is 11.3. The average Bonchev–Trinajstić information content (AvgIpc) is 2.43. The van der Waals surface area contributed by atoms with Crippen molar-refractivity contribution in [2.24, 2.45) is 0 Å². The van der Waals surface area contributed by atoms with Crippen LogP contribution in [-0.4, -0.2) is 0 Å². The third-order valence-corrected chi connectivity index (χ3v) is 4.63. The van der Waals surface area contributed by atoms with E-state index >= 15 is 0 Å². The van der Waals surface area contributed by atoms with E-state index in [0.717, 1.165) is 27.9 Å². The summed E-state index contributed by atoms with van der Waals surface area (Å²) in [6, 6.07) is 11.2. The van der Waals surface area contributed by atoms with Crippen molar-refractivity contribution in [1.29, 1.82) is 0 Å². The number of hydrogen-bond donors (Lipinski definition) is 1. The van der Waals surface area contributed by atoms with Gasteiger partial charge in [-0.25, -0.2) is 0 Å². The second kappa shape index (κ2) is 6.78. The molecule has 0 saturated carbocycles. The van der Waals surface area contributed by atoms with E-state index in [1.54, 1.807) is 19.1 Å². The van der Waals surface area contributed by atoms with Crippen LogP contribution in [0.15, 0.2) is 42.5 Å². The molecule has 7 heteroatoms. The third-order valence-electron chi connectivity index (χ3n) is 2.61. The Kier molecular flexibility index (Phi) is 5.26. The largest absolute Gasteiger partial charge is 0.416 e. The Labute approximate surface area is 138 Å². The van der Waals surface area contributed by atoms with Crippen LogP contribution < -0.4 is 8.91 Å². The van der Waals surface area contributed by atoms with Crippen molar-refractivity contribution in [2.45, 2.75) is 13.1 Å². The Balaban J connectivity index is 2.11. The molecule has 0 saturated heterocycles. The Morgan fingerprint density at radius 2 is 1.81 bits per heavy atom. The zero-order valence-corrected chi connectivity index (χ0v) is 13.8. The second-order valence-corrected chi connectivity index (χ2v) is 5.85. The minimum absolute atomic E-state index is 0.379. The smallest absolute Gasteiger partial charge is 0.405 e. The zero-order chi connectivity index (χ0) is 15.5. The molecule has 0 amide bonds. The van der Waals surface area contributed by atoms with E-state index in [2.05, 4.69) is 4.72 Å². The number of rotatable bonds is 4. The quantitative estimate of drug-likeness (QED) is 0.388. The number of benzene rings is 2. The van der Waals surface area contributed by atoms with Gasteiger partial charge in [0.05, 0.1) is 11.3 Å². The van der Waals surface area contributed by atoms with Crippen LogP contribution in [0.4, 0.5) is 18.9 Å². The Morgan fingerprint density at radius 3 is 2.43 bits per heavy atom. The van der Waals surface area contributed by atoms with Crippen LogP contribution in [0.25, 0.3) is 0 Å². The first-order valence-electron chi connectivity index (χ1n) is 5.90. The first kappa shape index (κ1) is 16.3. The van der Waals surface area contributed by atoms with Crippen molar-refractivity contribution in [3.63, 3.8) is 0 Å². The van der Waals surface area contributed by atoms with Gasteiger partial charge in [0.2, 0.25) is 0 Å². The number of halogens is 4. The molecule has 112 valence electrons. The molecule has 2 aromatic carbocycles. The summed E-state index contributed by atoms with van der Waals surface area (Å²) in [5.74, 6) is 0.619. The summed E-state index contributed by atoms with van der Waals surface area (Å²) in [5.41, 5.74) is 0.264. The molecular formula is C14H11F3INOS. The third kappa shape index (κ3) is 4.44. The Hall–Kier alpha value is -1.09. The van der Waals surface area contributed by atoms with E-state index in [0.29, 0.717) is 17.0 Å². The Morgan fingerprint density at radius 1 is 1.14 bits per heavy atom. The average molecular weight is 425 g/mol. The van der Waals surface area contributed by atoms with Gasteiger partial charge in [0.1, 0.15) is 5.75 Å². The van der Waals surface area contributed by atoms with Gasteiger partial charge in [-0.15, -0.1) is 0 Å². The second-order valence-electron chi connectivity index (χ2n) is 4.23. The highest BCUT2D eigenvalue weighted by atomic mass is 127. The fourth-order valence-corrected chi connectivity index (χ4v) is 2.73. The van der Waals surface area contributed by atoms with E-state index in [9.17, 15) is 13.2 Å². The van der Waals surface area contributed by atoms with Gasteiger partial charge in [0.15, 0.2) is 12.2 Å². The van der Waals surface area contributed by atoms with Gasteiger partial charge in [-0.3, -0.25) is 4.72 Å². The lowest BCUT2D eigenvalue weighted by molar-refractivity contribution is -0.137. The predicted molar refractivity (Wildman–Crippen MR) is 87.2 cm³/mol. The summed E-state index contributed by atoms with van der Waals surface area (Å²) in [5, 5.41) is 0. The van der Waals surface area contributed by atoms with E-state index < -0.39 is 11.7 Å². The van der Waals surface area contributed by atoms with Gasteiger partial charge in [-0.2, -0.15) is 13.2 Å². The van der Waals surface area contributed by atoms with E-state index in [4.69, 9.17) is 4.18 Å². The van der Waals surface area contributed by atoms with Gasteiger partial charge in [-0.05, 0) is 59.3 Å². The van der Waals surface area contributed by atoms with Gasteiger partial charge in [0.25, 0.3) is 0 Å². The summed E-state index contributed by atoms with van der Waals surface area (Å²) < 4.78 is 47.3. The zero-order valence-electron chi connectivity index (χ0n) is 10.9. The number of hydrogen-bond acceptors (Lipinski definition) is 3. The van der Waals surface area contributed by atoms with Crippen LogP contribution in [0.1, 0.15) is 11.1 Å². The number of para-hydroxylation sites is 1. The predicted octanol–water partition coefficient (Wildman–Crippen LogP) is 5.67. The minimum Gasteiger partial charge on any atom is -0.405 e. The van der Waals surface area contributed by atoms with Crippen LogP contribution in [-0.2, 0) is 6.18 Å². The summed E-state index contributed by atoms with van der Waals surface area (Å²) in [6.45, 7) is 1.64. The molecule has 2 rings (SSSR count). The molecule has 0 aromatic heterocycles. The summed E-state index contributed by atoms with van der Waals surface area (Å²) in [4.78, 5) is 0. The first-order valence-corrected chi connectivity index (χ1v) is 7.72. The fraction of sp³-hybridized carbons (Fsp3) is 0.143. The SMILES string of the molecule is Cc1cc(C(F)(F)F)cc(NSOc2ccccc2)c1I. The number of nitrogens with one attached hydrogen (secondary N) is 1. The van der Waals surface area contributed by atoms with Crippen molar-refractivity contribution in [1.82, 2.24) is 0 Å². The summed E-state index contributed by atoms with van der Waals surface area (Å²) in [6.07, 6.45) is -4.36. The fourth-order valence-electron chi connectivity index (χ4n) is 1.60. The van der Waals surface area contributed by atoms with Crippen LogP contribution >= 0.6 is 34.8 Å². The van der Waals surface area contributed by atoms with Gasteiger partial charge in [0, 0.05) is 3.57 Å². The molecule has 0 bridgehead atoms. The molecule has 0 aliphatic rings. The Bertz CT molecular complexity index is 620. The highest BCUT2D eigenvalue weighted by molar-refractivity contribution is 14.1. The summed E-state index contributed by atoms with van der Waals surface area (Å²) >= 11 is 2.88. The molecule has 21 heavy (non-hydrogen) atoms. The van der Waals surface area contributed by atoms with Crippen molar-refractivity contribution < 1.29 is 17.4 Å². The van der Waals surface area contributed by atoms with Crippen molar-refractivity contribution in [3.8, 4) is 5.75 Å². The first-order chi connectivity index (χ1) is 9.88. The molecule has 0 heterocycles. The molecule has 0 fully saturated rings.